The van der Waals surface area contributed by atoms with E-state index in [0.717, 1.165) is 30.1 Å². The second-order valence-corrected chi connectivity index (χ2v) is 8.30. The number of likely N-dealkylation sites (N-methyl/N-ethyl adjacent to an activating group) is 1. The number of nitrogens with one attached hydrogen (secondary N) is 3. The minimum Gasteiger partial charge on any atom is -0.346 e. The Kier molecular flexibility index (Phi) is 6.78. The Morgan fingerprint density at radius 2 is 2.10 bits per heavy atom. The van der Waals surface area contributed by atoms with Crippen LogP contribution in [0.1, 0.15) is 27.3 Å². The van der Waals surface area contributed by atoms with Gasteiger partial charge in [0, 0.05) is 36.8 Å². The molecule has 2 aromatic rings. The summed E-state index contributed by atoms with van der Waals surface area (Å²) in [7, 11) is 2.02. The van der Waals surface area contributed by atoms with Crippen molar-refractivity contribution in [2.24, 2.45) is 0 Å². The predicted octanol–water partition coefficient (Wildman–Crippen LogP) is 1.05. The molecule has 0 fully saturated rings. The molecule has 0 aromatic carbocycles. The van der Waals surface area contributed by atoms with Gasteiger partial charge in [-0.15, -0.1) is 11.3 Å². The van der Waals surface area contributed by atoms with Gasteiger partial charge in [-0.3, -0.25) is 14.4 Å². The lowest BCUT2D eigenvalue weighted by atomic mass is 10.2. The maximum atomic E-state index is 12.4. The van der Waals surface area contributed by atoms with Crippen molar-refractivity contribution < 1.29 is 14.4 Å². The van der Waals surface area contributed by atoms with Gasteiger partial charge in [0.2, 0.25) is 0 Å². The molecule has 154 valence electrons. The number of fused-ring (bicyclic) bond motifs is 1. The zero-order valence-electron chi connectivity index (χ0n) is 16.0. The van der Waals surface area contributed by atoms with Crippen LogP contribution in [-0.2, 0) is 22.6 Å². The number of hydrogen-bond acceptors (Lipinski definition) is 7. The number of hydrogen-bond donors (Lipinski definition) is 3. The van der Waals surface area contributed by atoms with Crippen molar-refractivity contribution in [2.75, 3.05) is 25.5 Å². The Labute approximate surface area is 176 Å². The first-order valence-electron chi connectivity index (χ1n) is 9.00. The van der Waals surface area contributed by atoms with Crippen molar-refractivity contribution in [3.8, 4) is 0 Å². The first-order chi connectivity index (χ1) is 13.8. The highest BCUT2D eigenvalue weighted by atomic mass is 35.5. The molecule has 1 aliphatic heterocycles. The zero-order chi connectivity index (χ0) is 21.0. The van der Waals surface area contributed by atoms with Gasteiger partial charge in [0.15, 0.2) is 5.01 Å². The number of aromatic nitrogens is 2. The molecule has 0 unspecified atom stereocenters. The lowest BCUT2D eigenvalue weighted by Crippen LogP contribution is -2.44. The van der Waals surface area contributed by atoms with E-state index in [9.17, 15) is 14.4 Å². The van der Waals surface area contributed by atoms with Crippen molar-refractivity contribution in [2.45, 2.75) is 25.9 Å². The van der Waals surface area contributed by atoms with Gasteiger partial charge in [-0.2, -0.15) is 0 Å². The summed E-state index contributed by atoms with van der Waals surface area (Å²) in [5.74, 6) is -1.75. The predicted molar refractivity (Wildman–Crippen MR) is 110 cm³/mol. The van der Waals surface area contributed by atoms with Gasteiger partial charge >= 0.3 is 11.8 Å². The maximum Gasteiger partial charge on any atom is 0.314 e. The van der Waals surface area contributed by atoms with Gasteiger partial charge in [0.05, 0.1) is 10.7 Å². The molecular weight excluding hydrogens is 416 g/mol. The lowest BCUT2D eigenvalue weighted by molar-refractivity contribution is -0.136. The smallest absolute Gasteiger partial charge is 0.314 e. The van der Waals surface area contributed by atoms with Crippen LogP contribution in [0.2, 0.25) is 5.02 Å². The topological polar surface area (TPSA) is 116 Å². The number of carbonyl (C=O) groups excluding carboxylic acids is 3. The minimum absolute atomic E-state index is 0.0971. The lowest BCUT2D eigenvalue weighted by Gasteiger charge is -2.20. The van der Waals surface area contributed by atoms with Crippen molar-refractivity contribution in [3.63, 3.8) is 0 Å². The van der Waals surface area contributed by atoms with E-state index in [1.54, 1.807) is 13.0 Å². The van der Waals surface area contributed by atoms with Gasteiger partial charge in [-0.05, 0) is 32.5 Å². The van der Waals surface area contributed by atoms with E-state index in [1.807, 2.05) is 7.05 Å². The van der Waals surface area contributed by atoms with E-state index < -0.39 is 11.8 Å². The molecule has 3 rings (SSSR count). The van der Waals surface area contributed by atoms with Crippen LogP contribution in [0, 0.1) is 0 Å². The molecule has 1 atom stereocenters. The van der Waals surface area contributed by atoms with Crippen molar-refractivity contribution in [1.82, 2.24) is 25.5 Å². The fraction of sp³-hybridized carbons (Fsp3) is 0.389. The first kappa shape index (κ1) is 21.2. The van der Waals surface area contributed by atoms with Crippen LogP contribution in [0.5, 0.6) is 0 Å². The summed E-state index contributed by atoms with van der Waals surface area (Å²) < 4.78 is 0. The number of anilines is 1. The number of amides is 3. The average molecular weight is 437 g/mol. The molecule has 2 aromatic heterocycles. The third-order valence-electron chi connectivity index (χ3n) is 4.23. The summed E-state index contributed by atoms with van der Waals surface area (Å²) in [4.78, 5) is 47.9. The van der Waals surface area contributed by atoms with E-state index in [0.29, 0.717) is 10.0 Å². The van der Waals surface area contributed by atoms with Gasteiger partial charge in [0.1, 0.15) is 5.82 Å². The SMILES string of the molecule is C[C@H](CNC(=O)C(=O)Nc1ccc(Cl)cn1)NC(=O)c1nc2c(s1)CCN(C)C2. The highest BCUT2D eigenvalue weighted by Crippen LogP contribution is 2.24. The van der Waals surface area contributed by atoms with Crippen LogP contribution < -0.4 is 16.0 Å². The fourth-order valence-electron chi connectivity index (χ4n) is 2.71. The maximum absolute atomic E-state index is 12.4. The van der Waals surface area contributed by atoms with E-state index >= 15 is 0 Å². The summed E-state index contributed by atoms with van der Waals surface area (Å²) in [5.41, 5.74) is 0.947. The van der Waals surface area contributed by atoms with Crippen LogP contribution in [0.3, 0.4) is 0 Å². The molecule has 0 spiro atoms. The molecule has 0 bridgehead atoms. The summed E-state index contributed by atoms with van der Waals surface area (Å²) in [6.07, 6.45) is 2.25. The Balaban J connectivity index is 1.46. The van der Waals surface area contributed by atoms with Crippen LogP contribution in [0.4, 0.5) is 5.82 Å². The van der Waals surface area contributed by atoms with Gasteiger partial charge in [0.25, 0.3) is 5.91 Å². The number of carbonyl (C=O) groups is 3. The summed E-state index contributed by atoms with van der Waals surface area (Å²) >= 11 is 7.12. The summed E-state index contributed by atoms with van der Waals surface area (Å²) in [6, 6.07) is 2.66. The van der Waals surface area contributed by atoms with E-state index in [1.165, 1.54) is 23.6 Å². The molecule has 0 saturated heterocycles. The van der Waals surface area contributed by atoms with Crippen LogP contribution in [0.25, 0.3) is 0 Å². The Bertz CT molecular complexity index is 917. The second kappa shape index (κ2) is 9.29. The third-order valence-corrected chi connectivity index (χ3v) is 5.61. The van der Waals surface area contributed by atoms with Crippen LogP contribution in [0.15, 0.2) is 18.3 Å². The standard InChI is InChI=1S/C18H21ClN6O3S/c1-10(7-21-15(26)16(27)24-14-4-3-11(19)8-20-14)22-17(28)18-23-12-9-25(2)6-5-13(12)29-18/h3-4,8,10H,5-7,9H2,1-2H3,(H,21,26)(H,22,28)(H,20,24,27)/t10-/m1/s1. The quantitative estimate of drug-likeness (QED) is 0.603. The second-order valence-electron chi connectivity index (χ2n) is 6.78. The van der Waals surface area contributed by atoms with E-state index in [2.05, 4.69) is 30.8 Å². The first-order valence-corrected chi connectivity index (χ1v) is 10.2. The van der Waals surface area contributed by atoms with Gasteiger partial charge < -0.3 is 20.9 Å². The number of rotatable bonds is 5. The number of pyridine rings is 1. The van der Waals surface area contributed by atoms with Crippen LogP contribution in [-0.4, -0.2) is 58.8 Å². The van der Waals surface area contributed by atoms with Crippen molar-refractivity contribution >= 4 is 46.5 Å². The van der Waals surface area contributed by atoms with Crippen LogP contribution >= 0.6 is 22.9 Å². The largest absolute Gasteiger partial charge is 0.346 e. The van der Waals surface area contributed by atoms with E-state index in [-0.39, 0.29) is 24.3 Å². The molecule has 11 heteroatoms. The molecule has 29 heavy (non-hydrogen) atoms. The normalized spacial score (nSPS) is 14.6. The summed E-state index contributed by atoms with van der Waals surface area (Å²) in [5, 5.41) is 8.47. The zero-order valence-corrected chi connectivity index (χ0v) is 17.6. The summed E-state index contributed by atoms with van der Waals surface area (Å²) in [6.45, 7) is 3.52. The molecule has 9 nitrogen and oxygen atoms in total. The highest BCUT2D eigenvalue weighted by molar-refractivity contribution is 7.13. The molecule has 0 saturated carbocycles. The molecular formula is C18H21ClN6O3S. The monoisotopic (exact) mass is 436 g/mol. The number of thiazole rings is 1. The Morgan fingerprint density at radius 1 is 1.31 bits per heavy atom. The Hall–Kier alpha value is -2.56. The molecule has 3 amide bonds. The molecule has 3 heterocycles. The highest BCUT2D eigenvalue weighted by Gasteiger charge is 2.22. The van der Waals surface area contributed by atoms with Crippen molar-refractivity contribution in [1.29, 1.82) is 0 Å². The molecule has 0 radical (unpaired) electrons. The van der Waals surface area contributed by atoms with Crippen molar-refractivity contribution in [3.05, 3.63) is 38.9 Å². The minimum atomic E-state index is -0.852. The Morgan fingerprint density at radius 3 is 2.83 bits per heavy atom. The molecule has 0 aliphatic carbocycles. The van der Waals surface area contributed by atoms with E-state index in [4.69, 9.17) is 11.6 Å². The van der Waals surface area contributed by atoms with Gasteiger partial charge in [-0.1, -0.05) is 11.6 Å². The molecule has 1 aliphatic rings. The number of nitrogens with zero attached hydrogens (tertiary/aromatic N) is 3. The average Bonchev–Trinajstić information content (AvgIpc) is 3.11. The third kappa shape index (κ3) is 5.72. The fourth-order valence-corrected chi connectivity index (χ4v) is 3.79. The number of halogens is 1. The molecule has 3 N–H and O–H groups in total. The van der Waals surface area contributed by atoms with Gasteiger partial charge in [-0.25, -0.2) is 9.97 Å².